The first-order valence-electron chi connectivity index (χ1n) is 6.00. The first kappa shape index (κ1) is 16.8. The molecule has 0 amide bonds. The second-order valence-electron chi connectivity index (χ2n) is 6.75. The molecule has 104 valence electrons. The molecule has 0 aliphatic carbocycles. The highest BCUT2D eigenvalue weighted by molar-refractivity contribution is 5.08. The molecule has 0 bridgehead atoms. The number of rotatable bonds is 5. The van der Waals surface area contributed by atoms with Crippen molar-refractivity contribution in [2.75, 3.05) is 0 Å². The Bertz CT molecular complexity index is 236. The highest BCUT2D eigenvalue weighted by atomic mass is 16.3. The monoisotopic (exact) mass is 248 g/mol. The molecule has 0 rings (SSSR count). The van der Waals surface area contributed by atoms with Gasteiger partial charge < -0.3 is 20.4 Å². The average Bonchev–Trinajstić information content (AvgIpc) is 1.92. The molecule has 0 heterocycles. The molecule has 0 aromatic heterocycles. The summed E-state index contributed by atoms with van der Waals surface area (Å²) in [6.07, 6.45) is -0.876. The second kappa shape index (κ2) is 4.50. The van der Waals surface area contributed by atoms with Crippen LogP contribution in [0.15, 0.2) is 0 Å². The minimum Gasteiger partial charge on any atom is -0.393 e. The molecule has 1 unspecified atom stereocenters. The maximum Gasteiger partial charge on any atom is 0.0700 e. The Balaban J connectivity index is 5.79. The van der Waals surface area contributed by atoms with Crippen molar-refractivity contribution >= 4 is 0 Å². The third-order valence-electron chi connectivity index (χ3n) is 3.61. The van der Waals surface area contributed by atoms with Gasteiger partial charge in [-0.15, -0.1) is 0 Å². The first-order chi connectivity index (χ1) is 7.15. The standard InChI is InChI=1S/C13H28O4/c1-9(14)13(11(4,5)16,12(6,7)17)8-10(2,3)15/h9,14-17H,8H2,1-7H3. The van der Waals surface area contributed by atoms with Crippen molar-refractivity contribution in [2.45, 2.75) is 77.8 Å². The van der Waals surface area contributed by atoms with E-state index in [1.165, 1.54) is 6.92 Å². The molecule has 4 nitrogen and oxygen atoms in total. The molecule has 0 aromatic carbocycles. The van der Waals surface area contributed by atoms with E-state index in [2.05, 4.69) is 0 Å². The SMILES string of the molecule is CC(O)C(CC(C)(C)O)(C(C)(C)O)C(C)(C)O. The Labute approximate surface area is 104 Å². The summed E-state index contributed by atoms with van der Waals surface area (Å²) in [4.78, 5) is 0. The van der Waals surface area contributed by atoms with Crippen LogP contribution in [0.4, 0.5) is 0 Å². The summed E-state index contributed by atoms with van der Waals surface area (Å²) >= 11 is 0. The lowest BCUT2D eigenvalue weighted by atomic mass is 9.56. The summed E-state index contributed by atoms with van der Waals surface area (Å²) in [6, 6.07) is 0. The van der Waals surface area contributed by atoms with Crippen LogP contribution < -0.4 is 0 Å². The van der Waals surface area contributed by atoms with Gasteiger partial charge in [-0.3, -0.25) is 0 Å². The van der Waals surface area contributed by atoms with Crippen molar-refractivity contribution in [3.05, 3.63) is 0 Å². The lowest BCUT2D eigenvalue weighted by Gasteiger charge is -2.55. The molecular formula is C13H28O4. The number of aliphatic hydroxyl groups excluding tert-OH is 1. The van der Waals surface area contributed by atoms with Crippen LogP contribution in [0.3, 0.4) is 0 Å². The van der Waals surface area contributed by atoms with Crippen molar-refractivity contribution < 1.29 is 20.4 Å². The van der Waals surface area contributed by atoms with Gasteiger partial charge in [0.05, 0.1) is 28.3 Å². The molecule has 0 fully saturated rings. The average molecular weight is 248 g/mol. The molecule has 0 saturated carbocycles. The number of aliphatic hydroxyl groups is 4. The Hall–Kier alpha value is -0.160. The minimum absolute atomic E-state index is 0.0880. The predicted octanol–water partition coefficient (Wildman–Crippen LogP) is 1.06. The second-order valence-corrected chi connectivity index (χ2v) is 6.75. The van der Waals surface area contributed by atoms with E-state index >= 15 is 0 Å². The molecule has 0 aliphatic rings. The van der Waals surface area contributed by atoms with E-state index in [9.17, 15) is 20.4 Å². The third-order valence-corrected chi connectivity index (χ3v) is 3.61. The van der Waals surface area contributed by atoms with Crippen LogP contribution in [0.5, 0.6) is 0 Å². The summed E-state index contributed by atoms with van der Waals surface area (Å²) < 4.78 is 0. The van der Waals surface area contributed by atoms with E-state index in [1.807, 2.05) is 0 Å². The minimum atomic E-state index is -1.33. The Morgan fingerprint density at radius 2 is 1.12 bits per heavy atom. The van der Waals surface area contributed by atoms with E-state index in [-0.39, 0.29) is 6.42 Å². The number of hydrogen-bond acceptors (Lipinski definition) is 4. The Morgan fingerprint density at radius 3 is 1.18 bits per heavy atom. The molecule has 0 spiro atoms. The molecule has 0 radical (unpaired) electrons. The van der Waals surface area contributed by atoms with Gasteiger partial charge in [-0.25, -0.2) is 0 Å². The zero-order valence-corrected chi connectivity index (χ0v) is 12.1. The topological polar surface area (TPSA) is 80.9 Å². The Kier molecular flexibility index (Phi) is 4.46. The normalized spacial score (nSPS) is 17.1. The van der Waals surface area contributed by atoms with Crippen LogP contribution in [-0.4, -0.2) is 43.3 Å². The summed E-state index contributed by atoms with van der Waals surface area (Å²) in [7, 11) is 0. The van der Waals surface area contributed by atoms with Gasteiger partial charge in [-0.1, -0.05) is 0 Å². The van der Waals surface area contributed by atoms with Crippen LogP contribution in [-0.2, 0) is 0 Å². The van der Waals surface area contributed by atoms with Gasteiger partial charge in [0.25, 0.3) is 0 Å². The summed E-state index contributed by atoms with van der Waals surface area (Å²) in [5, 5.41) is 40.8. The predicted molar refractivity (Wildman–Crippen MR) is 67.6 cm³/mol. The fraction of sp³-hybridized carbons (Fsp3) is 1.00. The molecular weight excluding hydrogens is 220 g/mol. The number of hydrogen-bond donors (Lipinski definition) is 4. The van der Waals surface area contributed by atoms with Crippen LogP contribution in [0, 0.1) is 5.41 Å². The highest BCUT2D eigenvalue weighted by Gasteiger charge is 2.58. The summed E-state index contributed by atoms with van der Waals surface area (Å²) in [6.45, 7) is 10.9. The molecule has 0 saturated heterocycles. The molecule has 17 heavy (non-hydrogen) atoms. The zero-order chi connectivity index (χ0) is 14.3. The van der Waals surface area contributed by atoms with Crippen molar-refractivity contribution in [3.8, 4) is 0 Å². The quantitative estimate of drug-likeness (QED) is 0.586. The van der Waals surface area contributed by atoms with Gasteiger partial charge in [0, 0.05) is 0 Å². The fourth-order valence-corrected chi connectivity index (χ4v) is 3.03. The van der Waals surface area contributed by atoms with Gasteiger partial charge in [-0.05, 0) is 54.9 Å². The van der Waals surface area contributed by atoms with Crippen molar-refractivity contribution in [2.24, 2.45) is 5.41 Å². The third kappa shape index (κ3) is 3.41. The molecule has 1 atom stereocenters. The van der Waals surface area contributed by atoms with E-state index in [0.717, 1.165) is 0 Å². The van der Waals surface area contributed by atoms with E-state index in [4.69, 9.17) is 0 Å². The van der Waals surface area contributed by atoms with Gasteiger partial charge >= 0.3 is 0 Å². The Morgan fingerprint density at radius 1 is 0.824 bits per heavy atom. The zero-order valence-electron chi connectivity index (χ0n) is 12.1. The van der Waals surface area contributed by atoms with Crippen LogP contribution in [0.2, 0.25) is 0 Å². The van der Waals surface area contributed by atoms with Gasteiger partial charge in [-0.2, -0.15) is 0 Å². The van der Waals surface area contributed by atoms with Crippen LogP contribution in [0.1, 0.15) is 54.9 Å². The van der Waals surface area contributed by atoms with Gasteiger partial charge in [0.15, 0.2) is 0 Å². The van der Waals surface area contributed by atoms with Crippen molar-refractivity contribution in [3.63, 3.8) is 0 Å². The molecule has 4 N–H and O–H groups in total. The maximum absolute atomic E-state index is 10.4. The van der Waals surface area contributed by atoms with Crippen molar-refractivity contribution in [1.82, 2.24) is 0 Å². The fourth-order valence-electron chi connectivity index (χ4n) is 3.03. The summed E-state index contributed by atoms with van der Waals surface area (Å²) in [5.74, 6) is 0. The van der Waals surface area contributed by atoms with Gasteiger partial charge in [0.2, 0.25) is 0 Å². The lowest BCUT2D eigenvalue weighted by Crippen LogP contribution is -2.64. The van der Waals surface area contributed by atoms with E-state index in [1.54, 1.807) is 41.5 Å². The molecule has 0 aromatic rings. The largest absolute Gasteiger partial charge is 0.393 e. The molecule has 0 aliphatic heterocycles. The smallest absolute Gasteiger partial charge is 0.0700 e. The molecule has 4 heteroatoms. The summed E-state index contributed by atoms with van der Waals surface area (Å²) in [5.41, 5.74) is -4.99. The van der Waals surface area contributed by atoms with Crippen LogP contribution in [0.25, 0.3) is 0 Å². The van der Waals surface area contributed by atoms with E-state index < -0.39 is 28.3 Å². The van der Waals surface area contributed by atoms with Crippen molar-refractivity contribution in [1.29, 1.82) is 0 Å². The lowest BCUT2D eigenvalue weighted by molar-refractivity contribution is -0.232. The first-order valence-corrected chi connectivity index (χ1v) is 6.00. The van der Waals surface area contributed by atoms with Crippen LogP contribution >= 0.6 is 0 Å². The van der Waals surface area contributed by atoms with E-state index in [0.29, 0.717) is 0 Å². The maximum atomic E-state index is 10.4. The van der Waals surface area contributed by atoms with Gasteiger partial charge in [0.1, 0.15) is 0 Å². The highest BCUT2D eigenvalue weighted by Crippen LogP contribution is 2.49.